The molecule has 4 aliphatic rings. The minimum atomic E-state index is -0.340. The minimum absolute atomic E-state index is 0.315. The summed E-state index contributed by atoms with van der Waals surface area (Å²) in [5.41, 5.74) is 6.54. The number of likely N-dealkylation sites (tertiary alicyclic amines) is 2. The number of benzene rings is 2. The molecular weight excluding hydrogens is 637 g/mol. The van der Waals surface area contributed by atoms with Gasteiger partial charge in [-0.3, -0.25) is 24.6 Å². The Morgan fingerprint density at radius 2 is 1.57 bits per heavy atom. The number of methoxy groups -OCH3 is 1. The van der Waals surface area contributed by atoms with Gasteiger partial charge in [0.15, 0.2) is 0 Å². The summed E-state index contributed by atoms with van der Waals surface area (Å²) in [5, 5.41) is 3.76. The van der Waals surface area contributed by atoms with Gasteiger partial charge in [0.25, 0.3) is 5.91 Å². The van der Waals surface area contributed by atoms with Crippen LogP contribution in [-0.4, -0.2) is 85.4 Å². The number of hydrogen-bond donors (Lipinski definition) is 1. The van der Waals surface area contributed by atoms with Gasteiger partial charge in [-0.15, -0.1) is 0 Å². The molecule has 9 nitrogen and oxygen atoms in total. The first kappa shape index (κ1) is 30.7. The highest BCUT2D eigenvalue weighted by atomic mass is 35.5. The Balaban J connectivity index is 0.965. The predicted octanol–water partition coefficient (Wildman–Crippen LogP) is 6.04. The molecule has 6 heterocycles. The minimum Gasteiger partial charge on any atom is -0.496 e. The molecule has 2 aromatic carbocycles. The average Bonchev–Trinajstić information content (AvgIpc) is 3.00. The van der Waals surface area contributed by atoms with Gasteiger partial charge in [0.1, 0.15) is 11.4 Å². The van der Waals surface area contributed by atoms with Crippen LogP contribution in [0.1, 0.15) is 21.6 Å². The first-order valence-corrected chi connectivity index (χ1v) is 16.6. The molecule has 4 aromatic rings. The Kier molecular flexibility index (Phi) is 7.95. The van der Waals surface area contributed by atoms with E-state index in [0.29, 0.717) is 49.1 Å². The van der Waals surface area contributed by atoms with Crippen molar-refractivity contribution in [2.45, 2.75) is 13.1 Å². The Labute approximate surface area is 283 Å². The van der Waals surface area contributed by atoms with Crippen LogP contribution < -0.4 is 10.1 Å². The van der Waals surface area contributed by atoms with E-state index >= 15 is 0 Å². The van der Waals surface area contributed by atoms with Crippen molar-refractivity contribution in [3.63, 3.8) is 0 Å². The molecule has 4 fully saturated rings. The number of nitrogens with one attached hydrogen (secondary N) is 1. The monoisotopic (exact) mass is 671 g/mol. The average molecular weight is 673 g/mol. The van der Waals surface area contributed by atoms with Gasteiger partial charge in [-0.1, -0.05) is 53.5 Å². The van der Waals surface area contributed by atoms with E-state index in [1.807, 2.05) is 36.4 Å². The highest BCUT2D eigenvalue weighted by molar-refractivity contribution is 6.39. The maximum Gasteiger partial charge on any atom is 0.274 e. The number of rotatable bonds is 9. The lowest BCUT2D eigenvalue weighted by Crippen LogP contribution is -2.65. The van der Waals surface area contributed by atoms with Crippen LogP contribution in [0.15, 0.2) is 67.0 Å². The summed E-state index contributed by atoms with van der Waals surface area (Å²) in [6.07, 6.45) is 3.48. The number of aromatic nitrogens is 2. The third-order valence-corrected chi connectivity index (χ3v) is 10.5. The lowest BCUT2D eigenvalue weighted by atomic mass is 9.78. The largest absolute Gasteiger partial charge is 0.496 e. The predicted molar refractivity (Wildman–Crippen MR) is 181 cm³/mol. The number of carbonyl (C=O) groups is 1. The highest BCUT2D eigenvalue weighted by Gasteiger charge is 2.49. The van der Waals surface area contributed by atoms with Gasteiger partial charge in [-0.05, 0) is 29.8 Å². The van der Waals surface area contributed by atoms with Crippen LogP contribution in [0, 0.1) is 10.8 Å². The van der Waals surface area contributed by atoms with Crippen molar-refractivity contribution >= 4 is 34.8 Å². The maximum atomic E-state index is 13.2. The number of hydrogen-bond acceptors (Lipinski definition) is 8. The molecule has 2 aromatic heterocycles. The molecule has 47 heavy (non-hydrogen) atoms. The van der Waals surface area contributed by atoms with Gasteiger partial charge in [0.05, 0.1) is 55.0 Å². The van der Waals surface area contributed by atoms with Crippen LogP contribution in [0.5, 0.6) is 5.75 Å². The fourth-order valence-electron chi connectivity index (χ4n) is 7.22. The summed E-state index contributed by atoms with van der Waals surface area (Å²) in [6, 6.07) is 17.1. The molecule has 0 unspecified atom stereocenters. The van der Waals surface area contributed by atoms with Gasteiger partial charge in [0.2, 0.25) is 0 Å². The van der Waals surface area contributed by atoms with Gasteiger partial charge >= 0.3 is 0 Å². The number of amides is 1. The summed E-state index contributed by atoms with van der Waals surface area (Å²) in [5.74, 6) is 0.451. The van der Waals surface area contributed by atoms with E-state index in [1.165, 1.54) is 0 Å². The fraction of sp³-hybridized carbons (Fsp3) is 0.361. The van der Waals surface area contributed by atoms with E-state index in [0.717, 1.165) is 88.1 Å². The molecule has 0 atom stereocenters. The van der Waals surface area contributed by atoms with E-state index in [1.54, 1.807) is 31.6 Å². The zero-order valence-electron chi connectivity index (χ0n) is 26.1. The molecule has 0 aliphatic carbocycles. The second kappa shape index (κ2) is 12.1. The highest BCUT2D eigenvalue weighted by Crippen LogP contribution is 2.43. The molecule has 11 heteroatoms. The van der Waals surface area contributed by atoms with Crippen molar-refractivity contribution < 1.29 is 19.0 Å². The summed E-state index contributed by atoms with van der Waals surface area (Å²) in [4.78, 5) is 27.0. The van der Waals surface area contributed by atoms with Gasteiger partial charge in [-0.2, -0.15) is 0 Å². The number of halogens is 2. The summed E-state index contributed by atoms with van der Waals surface area (Å²) in [6.45, 7) is 9.26. The quantitative estimate of drug-likeness (QED) is 0.230. The van der Waals surface area contributed by atoms with E-state index in [4.69, 9.17) is 37.4 Å². The Hall–Kier alpha value is -3.57. The fourth-order valence-corrected chi connectivity index (χ4v) is 7.82. The normalized spacial score (nSPS) is 19.4. The molecule has 1 amide bonds. The molecule has 4 aliphatic heterocycles. The molecule has 8 rings (SSSR count). The molecule has 4 saturated heterocycles. The Morgan fingerprint density at radius 1 is 0.872 bits per heavy atom. The van der Waals surface area contributed by atoms with E-state index in [9.17, 15) is 4.79 Å². The summed E-state index contributed by atoms with van der Waals surface area (Å²) in [7, 11) is 1.68. The first-order valence-electron chi connectivity index (χ1n) is 15.8. The van der Waals surface area contributed by atoms with E-state index < -0.39 is 0 Å². The van der Waals surface area contributed by atoms with Crippen LogP contribution in [-0.2, 0) is 22.6 Å². The molecule has 2 spiro atoms. The van der Waals surface area contributed by atoms with Gasteiger partial charge in [0, 0.05) is 84.7 Å². The van der Waals surface area contributed by atoms with Crippen LogP contribution in [0.4, 0.5) is 5.69 Å². The second-order valence-corrected chi connectivity index (χ2v) is 14.3. The molecule has 0 bridgehead atoms. The number of pyridine rings is 2. The molecule has 0 saturated carbocycles. The topological polar surface area (TPSA) is 89.0 Å². The third-order valence-electron chi connectivity index (χ3n) is 9.71. The molecule has 242 valence electrons. The zero-order valence-corrected chi connectivity index (χ0v) is 27.6. The Bertz CT molecular complexity index is 1830. The lowest BCUT2D eigenvalue weighted by Gasteiger charge is -2.55. The number of ether oxygens (including phenoxy) is 3. The summed E-state index contributed by atoms with van der Waals surface area (Å²) < 4.78 is 16.6. The lowest BCUT2D eigenvalue weighted by molar-refractivity contribution is -0.191. The van der Waals surface area contributed by atoms with Gasteiger partial charge in [-0.25, -0.2) is 0 Å². The van der Waals surface area contributed by atoms with Gasteiger partial charge < -0.3 is 19.5 Å². The van der Waals surface area contributed by atoms with Crippen molar-refractivity contribution in [1.82, 2.24) is 19.8 Å². The van der Waals surface area contributed by atoms with Crippen molar-refractivity contribution in [3.05, 3.63) is 93.9 Å². The van der Waals surface area contributed by atoms with Crippen molar-refractivity contribution in [1.29, 1.82) is 0 Å². The molecular formula is C36H35Cl2N5O4. The third kappa shape index (κ3) is 5.79. The Morgan fingerprint density at radius 3 is 2.21 bits per heavy atom. The maximum absolute atomic E-state index is 13.2. The van der Waals surface area contributed by atoms with Crippen LogP contribution in [0.25, 0.3) is 22.4 Å². The number of carbonyl (C=O) groups excluding carboxylic acids is 1. The number of anilines is 1. The zero-order chi connectivity index (χ0) is 32.2. The smallest absolute Gasteiger partial charge is 0.274 e. The van der Waals surface area contributed by atoms with E-state index in [2.05, 4.69) is 31.2 Å². The molecule has 0 radical (unpaired) electrons. The van der Waals surface area contributed by atoms with Crippen molar-refractivity contribution in [3.8, 4) is 28.1 Å². The van der Waals surface area contributed by atoms with Crippen LogP contribution in [0.3, 0.4) is 0 Å². The first-order chi connectivity index (χ1) is 22.8. The van der Waals surface area contributed by atoms with Crippen molar-refractivity contribution in [2.75, 3.05) is 65.0 Å². The molecule has 1 N–H and O–H groups in total. The SMILES string of the molecule is COc1cc(-c2nccc(-c3cccc(NC(=O)c4ccc(CN5CC6(COC6)C5)cn4)c3Cl)c2Cl)ccc1CN1CC2(COC2)C1. The second-order valence-electron chi connectivity index (χ2n) is 13.5. The van der Waals surface area contributed by atoms with Crippen LogP contribution >= 0.6 is 23.2 Å². The van der Waals surface area contributed by atoms with Crippen LogP contribution in [0.2, 0.25) is 10.0 Å². The van der Waals surface area contributed by atoms with Crippen molar-refractivity contribution in [2.24, 2.45) is 10.8 Å². The standard InChI is InChI=1S/C36H35Cl2N5O4/c1-45-30-11-24(6-7-25(30)14-43-17-36(18-43)21-47-22-36)33-32(38)27(9-10-39-33)26-3-2-4-28(31(26)37)41-34(44)29-8-5-23(12-40-29)13-42-15-35(16-42)19-46-20-35/h2-12H,13-22H2,1H3,(H,41,44). The van der Waals surface area contributed by atoms with E-state index in [-0.39, 0.29) is 5.91 Å². The summed E-state index contributed by atoms with van der Waals surface area (Å²) >= 11 is 13.9. The number of nitrogens with zero attached hydrogens (tertiary/aromatic N) is 4.